The van der Waals surface area contributed by atoms with E-state index < -0.39 is 0 Å². The van der Waals surface area contributed by atoms with E-state index in [4.69, 9.17) is 0 Å². The molecular formula is C18H29FN2. The van der Waals surface area contributed by atoms with Crippen molar-refractivity contribution >= 4 is 11.4 Å². The summed E-state index contributed by atoms with van der Waals surface area (Å²) < 4.78 is 14.2. The zero-order chi connectivity index (χ0) is 15.2. The normalized spacial score (nSPS) is 16.2. The fraction of sp³-hybridized carbons (Fsp3) is 0.667. The second-order valence-corrected chi connectivity index (χ2v) is 6.59. The Balaban J connectivity index is 1.85. The largest absolute Gasteiger partial charge is 0.385 e. The minimum atomic E-state index is -0.145. The molecule has 0 heterocycles. The van der Waals surface area contributed by atoms with E-state index in [1.54, 1.807) is 6.07 Å². The lowest BCUT2D eigenvalue weighted by atomic mass is 9.87. The molecule has 0 atom stereocenters. The second kappa shape index (κ2) is 7.67. The molecule has 3 heteroatoms. The molecule has 1 fully saturated rings. The van der Waals surface area contributed by atoms with Crippen LogP contribution in [0.3, 0.4) is 0 Å². The maximum atomic E-state index is 14.2. The number of hydrogen-bond acceptors (Lipinski definition) is 2. The average molecular weight is 292 g/mol. The van der Waals surface area contributed by atoms with Crippen molar-refractivity contribution in [1.82, 2.24) is 0 Å². The molecule has 1 aromatic rings. The van der Waals surface area contributed by atoms with Gasteiger partial charge in [-0.3, -0.25) is 0 Å². The highest BCUT2D eigenvalue weighted by atomic mass is 19.1. The minimum absolute atomic E-state index is 0.145. The van der Waals surface area contributed by atoms with Crippen LogP contribution in [0.25, 0.3) is 0 Å². The predicted molar refractivity (Wildman–Crippen MR) is 89.6 cm³/mol. The molecule has 2 nitrogen and oxygen atoms in total. The van der Waals surface area contributed by atoms with E-state index in [0.29, 0.717) is 11.7 Å². The molecule has 21 heavy (non-hydrogen) atoms. The first-order chi connectivity index (χ1) is 10.1. The molecule has 1 saturated carbocycles. The van der Waals surface area contributed by atoms with Crippen LogP contribution in [0.5, 0.6) is 0 Å². The topological polar surface area (TPSA) is 15.3 Å². The van der Waals surface area contributed by atoms with Gasteiger partial charge in [0.25, 0.3) is 0 Å². The predicted octanol–water partition coefficient (Wildman–Crippen LogP) is 5.05. The van der Waals surface area contributed by atoms with Crippen LogP contribution in [0.15, 0.2) is 18.2 Å². The third kappa shape index (κ3) is 4.62. The van der Waals surface area contributed by atoms with Crippen LogP contribution in [-0.4, -0.2) is 19.6 Å². The number of nitrogens with one attached hydrogen (secondary N) is 1. The Labute approximate surface area is 128 Å². The summed E-state index contributed by atoms with van der Waals surface area (Å²) in [5.41, 5.74) is 1.56. The van der Waals surface area contributed by atoms with E-state index >= 15 is 0 Å². The molecule has 1 aliphatic rings. The van der Waals surface area contributed by atoms with Crippen molar-refractivity contribution in [3.63, 3.8) is 0 Å². The summed E-state index contributed by atoms with van der Waals surface area (Å²) >= 11 is 0. The van der Waals surface area contributed by atoms with Crippen molar-refractivity contribution in [3.8, 4) is 0 Å². The standard InChI is InChI=1S/C18H29FN2/c1-14(2)21(3)18-10-9-16(13-17(18)19)20-12-11-15-7-5-4-6-8-15/h9-10,13-15,20H,4-8,11-12H2,1-3H3. The van der Waals surface area contributed by atoms with Crippen molar-refractivity contribution in [1.29, 1.82) is 0 Å². The summed E-state index contributed by atoms with van der Waals surface area (Å²) in [6.07, 6.45) is 8.11. The molecule has 118 valence electrons. The summed E-state index contributed by atoms with van der Waals surface area (Å²) in [7, 11) is 1.93. The first-order valence-corrected chi connectivity index (χ1v) is 8.34. The Morgan fingerprint density at radius 2 is 1.95 bits per heavy atom. The fourth-order valence-corrected chi connectivity index (χ4v) is 3.08. The fourth-order valence-electron chi connectivity index (χ4n) is 3.08. The van der Waals surface area contributed by atoms with Crippen LogP contribution in [0, 0.1) is 11.7 Å². The first-order valence-electron chi connectivity index (χ1n) is 8.34. The summed E-state index contributed by atoms with van der Waals surface area (Å²) in [4.78, 5) is 1.96. The number of rotatable bonds is 6. The van der Waals surface area contributed by atoms with E-state index in [0.717, 1.165) is 18.2 Å². The Morgan fingerprint density at radius 3 is 2.57 bits per heavy atom. The van der Waals surface area contributed by atoms with Crippen molar-refractivity contribution in [2.75, 3.05) is 23.8 Å². The van der Waals surface area contributed by atoms with E-state index in [1.807, 2.05) is 24.1 Å². The minimum Gasteiger partial charge on any atom is -0.385 e. The van der Waals surface area contributed by atoms with E-state index in [2.05, 4.69) is 19.2 Å². The van der Waals surface area contributed by atoms with Crippen LogP contribution >= 0.6 is 0 Å². The van der Waals surface area contributed by atoms with Gasteiger partial charge in [0.2, 0.25) is 0 Å². The van der Waals surface area contributed by atoms with Gasteiger partial charge in [0.15, 0.2) is 0 Å². The van der Waals surface area contributed by atoms with Gasteiger partial charge in [0.05, 0.1) is 5.69 Å². The Kier molecular flexibility index (Phi) is 5.89. The van der Waals surface area contributed by atoms with E-state index in [-0.39, 0.29) is 5.82 Å². The van der Waals surface area contributed by atoms with Gasteiger partial charge < -0.3 is 10.2 Å². The van der Waals surface area contributed by atoms with Gasteiger partial charge >= 0.3 is 0 Å². The quantitative estimate of drug-likeness (QED) is 0.789. The number of anilines is 2. The molecule has 0 radical (unpaired) electrons. The summed E-state index contributed by atoms with van der Waals surface area (Å²) in [5, 5.41) is 3.37. The van der Waals surface area contributed by atoms with Crippen LogP contribution in [0.4, 0.5) is 15.8 Å². The van der Waals surface area contributed by atoms with Crippen molar-refractivity contribution in [3.05, 3.63) is 24.0 Å². The molecule has 0 aromatic heterocycles. The van der Waals surface area contributed by atoms with Gasteiger partial charge in [-0.05, 0) is 44.4 Å². The van der Waals surface area contributed by atoms with Crippen molar-refractivity contribution in [2.45, 2.75) is 58.4 Å². The van der Waals surface area contributed by atoms with Gasteiger partial charge in [-0.25, -0.2) is 4.39 Å². The second-order valence-electron chi connectivity index (χ2n) is 6.59. The molecule has 1 N–H and O–H groups in total. The molecule has 0 aliphatic heterocycles. The van der Waals surface area contributed by atoms with Crippen LogP contribution < -0.4 is 10.2 Å². The summed E-state index contributed by atoms with van der Waals surface area (Å²) in [6.45, 7) is 5.08. The smallest absolute Gasteiger partial charge is 0.148 e. The summed E-state index contributed by atoms with van der Waals surface area (Å²) in [5.74, 6) is 0.719. The van der Waals surface area contributed by atoms with Gasteiger partial charge in [-0.2, -0.15) is 0 Å². The average Bonchev–Trinajstić information content (AvgIpc) is 2.48. The number of halogens is 1. The lowest BCUT2D eigenvalue weighted by Crippen LogP contribution is -2.26. The Morgan fingerprint density at radius 1 is 1.24 bits per heavy atom. The van der Waals surface area contributed by atoms with E-state index in [1.165, 1.54) is 38.5 Å². The third-order valence-corrected chi connectivity index (χ3v) is 4.71. The SMILES string of the molecule is CC(C)N(C)c1ccc(NCCC2CCCCC2)cc1F. The molecule has 0 amide bonds. The van der Waals surface area contributed by atoms with Crippen LogP contribution in [0.2, 0.25) is 0 Å². The van der Waals surface area contributed by atoms with Gasteiger partial charge in [0.1, 0.15) is 5.82 Å². The molecule has 0 saturated heterocycles. The molecule has 1 aliphatic carbocycles. The molecule has 2 rings (SSSR count). The van der Waals surface area contributed by atoms with Gasteiger partial charge in [-0.15, -0.1) is 0 Å². The number of benzene rings is 1. The van der Waals surface area contributed by atoms with Crippen molar-refractivity contribution < 1.29 is 4.39 Å². The highest BCUT2D eigenvalue weighted by Crippen LogP contribution is 2.27. The third-order valence-electron chi connectivity index (χ3n) is 4.71. The highest BCUT2D eigenvalue weighted by Gasteiger charge is 2.13. The maximum Gasteiger partial charge on any atom is 0.148 e. The lowest BCUT2D eigenvalue weighted by molar-refractivity contribution is 0.345. The van der Waals surface area contributed by atoms with E-state index in [9.17, 15) is 4.39 Å². The molecule has 1 aromatic carbocycles. The summed E-state index contributed by atoms with van der Waals surface area (Å²) in [6, 6.07) is 5.77. The number of hydrogen-bond donors (Lipinski definition) is 1. The maximum absolute atomic E-state index is 14.2. The molecule has 0 spiro atoms. The van der Waals surface area contributed by atoms with Crippen molar-refractivity contribution in [2.24, 2.45) is 5.92 Å². The van der Waals surface area contributed by atoms with Crippen LogP contribution in [0.1, 0.15) is 52.4 Å². The zero-order valence-corrected chi connectivity index (χ0v) is 13.7. The number of nitrogens with zero attached hydrogens (tertiary/aromatic N) is 1. The van der Waals surface area contributed by atoms with Gasteiger partial charge in [0, 0.05) is 25.3 Å². The van der Waals surface area contributed by atoms with Gasteiger partial charge in [-0.1, -0.05) is 32.1 Å². The highest BCUT2D eigenvalue weighted by molar-refractivity contribution is 5.56. The Bertz CT molecular complexity index is 439. The zero-order valence-electron chi connectivity index (χ0n) is 13.7. The molecular weight excluding hydrogens is 263 g/mol. The first kappa shape index (κ1) is 16.1. The van der Waals surface area contributed by atoms with Crippen LogP contribution in [-0.2, 0) is 0 Å². The monoisotopic (exact) mass is 292 g/mol. The lowest BCUT2D eigenvalue weighted by Gasteiger charge is -2.25. The Hall–Kier alpha value is -1.25. The molecule has 0 bridgehead atoms. The molecule has 0 unspecified atom stereocenters.